The number of halogens is 5. The monoisotopic (exact) mass is 728 g/mol. The van der Waals surface area contributed by atoms with Crippen molar-refractivity contribution >= 4 is 38.1 Å². The highest BCUT2D eigenvalue weighted by molar-refractivity contribution is 9.10. The molecular weight excluding hydrogens is 697 g/mol. The topological polar surface area (TPSA) is 102 Å². The zero-order valence-corrected chi connectivity index (χ0v) is 27.2. The maximum Gasteiger partial charge on any atom is 0.446 e. The quantitative estimate of drug-likeness (QED) is 0.218. The number of alkyl halides is 3. The molecule has 4 aromatic rings. The molecule has 2 aromatic carbocycles. The van der Waals surface area contributed by atoms with E-state index in [0.717, 1.165) is 50.4 Å². The molecular formula is C30H33Br2F3N4O4. The molecule has 232 valence electrons. The molecule has 0 saturated carbocycles. The minimum Gasteiger partial charge on any atom is -0.395 e. The number of hydrogen-bond donors (Lipinski definition) is 2. The van der Waals surface area contributed by atoms with E-state index in [2.05, 4.69) is 73.6 Å². The highest BCUT2D eigenvalue weighted by Gasteiger charge is 2.31. The molecule has 0 saturated heterocycles. The smallest absolute Gasteiger partial charge is 0.395 e. The predicted molar refractivity (Wildman–Crippen MR) is 164 cm³/mol. The Kier molecular flexibility index (Phi) is 11.5. The summed E-state index contributed by atoms with van der Waals surface area (Å²) >= 11 is 6.84. The van der Waals surface area contributed by atoms with Crippen LogP contribution in [0.4, 0.5) is 13.2 Å². The van der Waals surface area contributed by atoms with Crippen LogP contribution in [0.2, 0.25) is 0 Å². The molecule has 0 radical (unpaired) electrons. The normalized spacial score (nSPS) is 14.1. The van der Waals surface area contributed by atoms with Crippen LogP contribution in [0.3, 0.4) is 0 Å². The summed E-state index contributed by atoms with van der Waals surface area (Å²) in [7, 11) is 0. The van der Waals surface area contributed by atoms with Gasteiger partial charge in [0.05, 0.1) is 24.6 Å². The molecule has 1 aliphatic heterocycles. The lowest BCUT2D eigenvalue weighted by molar-refractivity contribution is -0.156. The van der Waals surface area contributed by atoms with Crippen molar-refractivity contribution in [3.63, 3.8) is 0 Å². The number of nitrogens with zero attached hydrogens (tertiary/aromatic N) is 4. The van der Waals surface area contributed by atoms with Crippen molar-refractivity contribution in [1.82, 2.24) is 19.1 Å². The second kappa shape index (κ2) is 14.3. The second-order valence-corrected chi connectivity index (χ2v) is 12.4. The first-order valence-electron chi connectivity index (χ1n) is 13.2. The van der Waals surface area contributed by atoms with Gasteiger partial charge in [0, 0.05) is 45.6 Å². The van der Waals surface area contributed by atoms with Crippen LogP contribution in [0.25, 0.3) is 22.5 Å². The Morgan fingerprint density at radius 3 is 1.86 bits per heavy atom. The molecule has 0 aliphatic carbocycles. The molecule has 0 bridgehead atoms. The van der Waals surface area contributed by atoms with E-state index in [1.807, 2.05) is 42.6 Å². The van der Waals surface area contributed by atoms with E-state index in [-0.39, 0.29) is 12.2 Å². The summed E-state index contributed by atoms with van der Waals surface area (Å²) < 4.78 is 43.1. The van der Waals surface area contributed by atoms with E-state index in [1.165, 1.54) is 0 Å². The number of ether oxygens (including phenoxy) is 1. The fourth-order valence-electron chi connectivity index (χ4n) is 4.23. The van der Waals surface area contributed by atoms with E-state index in [1.54, 1.807) is 18.4 Å². The number of rotatable bonds is 5. The van der Waals surface area contributed by atoms with Gasteiger partial charge in [0.15, 0.2) is 0 Å². The van der Waals surface area contributed by atoms with Gasteiger partial charge in [0.2, 0.25) is 6.29 Å². The fraction of sp³-hybridized carbons (Fsp3) is 0.367. The predicted octanol–water partition coefficient (Wildman–Crippen LogP) is 6.86. The number of fused-ring (bicyclic) bond motifs is 1. The molecule has 2 N–H and O–H groups in total. The number of aromatic nitrogens is 4. The highest BCUT2D eigenvalue weighted by atomic mass is 79.9. The van der Waals surface area contributed by atoms with Gasteiger partial charge in [-0.05, 0) is 52.0 Å². The fourth-order valence-corrected chi connectivity index (χ4v) is 4.76. The third-order valence-electron chi connectivity index (χ3n) is 6.19. The number of carbonyl (C=O) groups is 1. The van der Waals surface area contributed by atoms with Crippen molar-refractivity contribution in [2.24, 2.45) is 0 Å². The zero-order chi connectivity index (χ0) is 32.0. The van der Waals surface area contributed by atoms with Gasteiger partial charge < -0.3 is 24.1 Å². The van der Waals surface area contributed by atoms with Crippen molar-refractivity contribution < 1.29 is 32.9 Å². The number of aldehydes is 1. The molecule has 43 heavy (non-hydrogen) atoms. The molecule has 0 fully saturated rings. The van der Waals surface area contributed by atoms with Gasteiger partial charge in [0.1, 0.15) is 22.9 Å². The average molecular weight is 730 g/mol. The van der Waals surface area contributed by atoms with Gasteiger partial charge in [-0.25, -0.2) is 9.97 Å². The van der Waals surface area contributed by atoms with E-state index >= 15 is 0 Å². The maximum absolute atomic E-state index is 10.4. The molecule has 3 heterocycles. The molecule has 2 aromatic heterocycles. The van der Waals surface area contributed by atoms with Gasteiger partial charge in [-0.2, -0.15) is 13.2 Å². The van der Waals surface area contributed by atoms with Crippen LogP contribution in [0.5, 0.6) is 0 Å². The Labute approximate surface area is 264 Å². The van der Waals surface area contributed by atoms with Crippen LogP contribution in [0, 0.1) is 0 Å². The lowest BCUT2D eigenvalue weighted by atomic mass is 10.1. The highest BCUT2D eigenvalue weighted by Crippen LogP contribution is 2.31. The number of aliphatic hydroxyl groups excluding tert-OH is 1. The van der Waals surface area contributed by atoms with Crippen molar-refractivity contribution in [2.75, 3.05) is 13.2 Å². The van der Waals surface area contributed by atoms with E-state index in [4.69, 9.17) is 19.6 Å². The largest absolute Gasteiger partial charge is 0.446 e. The SMILES string of the molecule is CC(C)(O)c1nc(-c2ccc(Br)cc2)cn1CCO.CC1(C)OCCn2cc(-c3ccc(Br)cc3)nc21.O=CC(F)(F)F. The van der Waals surface area contributed by atoms with Crippen LogP contribution in [0.15, 0.2) is 69.9 Å². The molecule has 13 heteroatoms. The first-order chi connectivity index (χ1) is 20.0. The van der Waals surface area contributed by atoms with Gasteiger partial charge in [-0.3, -0.25) is 4.79 Å². The zero-order valence-electron chi connectivity index (χ0n) is 24.1. The summed E-state index contributed by atoms with van der Waals surface area (Å²) in [6, 6.07) is 16.0. The number of hydrogen-bond acceptors (Lipinski definition) is 6. The lowest BCUT2D eigenvalue weighted by Crippen LogP contribution is -2.33. The molecule has 0 amide bonds. The molecule has 0 spiro atoms. The molecule has 0 atom stereocenters. The minimum atomic E-state index is -4.64. The Hall–Kier alpha value is -2.84. The third-order valence-corrected chi connectivity index (χ3v) is 7.25. The Balaban J connectivity index is 0.000000199. The van der Waals surface area contributed by atoms with Crippen LogP contribution in [0.1, 0.15) is 39.3 Å². The van der Waals surface area contributed by atoms with E-state index < -0.39 is 18.1 Å². The summed E-state index contributed by atoms with van der Waals surface area (Å²) in [5.74, 6) is 1.56. The van der Waals surface area contributed by atoms with Gasteiger partial charge in [-0.15, -0.1) is 0 Å². The first kappa shape index (κ1) is 34.6. The van der Waals surface area contributed by atoms with Crippen molar-refractivity contribution in [2.45, 2.75) is 58.2 Å². The maximum atomic E-state index is 10.4. The van der Waals surface area contributed by atoms with Crippen molar-refractivity contribution in [3.05, 3.63) is 81.5 Å². The Bertz CT molecular complexity index is 1490. The van der Waals surface area contributed by atoms with E-state index in [0.29, 0.717) is 12.4 Å². The third kappa shape index (κ3) is 9.83. The lowest BCUT2D eigenvalue weighted by Gasteiger charge is -2.30. The second-order valence-electron chi connectivity index (χ2n) is 10.6. The number of imidazole rings is 2. The average Bonchev–Trinajstić information content (AvgIpc) is 3.56. The van der Waals surface area contributed by atoms with Crippen LogP contribution < -0.4 is 0 Å². The van der Waals surface area contributed by atoms with Crippen molar-refractivity contribution in [3.8, 4) is 22.5 Å². The molecule has 1 aliphatic rings. The Morgan fingerprint density at radius 2 is 1.44 bits per heavy atom. The van der Waals surface area contributed by atoms with E-state index in [9.17, 15) is 18.3 Å². The van der Waals surface area contributed by atoms with Crippen LogP contribution >= 0.6 is 31.9 Å². The summed E-state index contributed by atoms with van der Waals surface area (Å²) in [4.78, 5) is 17.9. The summed E-state index contributed by atoms with van der Waals surface area (Å²) in [6.45, 7) is 9.57. The standard InChI is InChI=1S/C14H17BrN2O2.C14H15BrN2O.C2HF3O/c1-14(2,19)13-16-12(9-17(13)7-8-18)10-3-5-11(15)6-4-10;1-14(2)13-16-12(9-17(13)7-8-18-14)10-3-5-11(15)6-4-10;3-2(4,5)1-6/h3-6,9,18-19H,7-8H2,1-2H3;3-6,9H,7-8H2,1-2H3;1H. The summed E-state index contributed by atoms with van der Waals surface area (Å²) in [5, 5.41) is 19.2. The van der Waals surface area contributed by atoms with Crippen LogP contribution in [-0.2, 0) is 33.8 Å². The van der Waals surface area contributed by atoms with Crippen molar-refractivity contribution in [1.29, 1.82) is 0 Å². The van der Waals surface area contributed by atoms with Crippen LogP contribution in [-0.4, -0.2) is 55.0 Å². The summed E-state index contributed by atoms with van der Waals surface area (Å²) in [5.41, 5.74) is 2.57. The Morgan fingerprint density at radius 1 is 0.953 bits per heavy atom. The van der Waals surface area contributed by atoms with Gasteiger partial charge in [-0.1, -0.05) is 56.1 Å². The van der Waals surface area contributed by atoms with Gasteiger partial charge in [0.25, 0.3) is 0 Å². The first-order valence-corrected chi connectivity index (χ1v) is 14.8. The number of benzene rings is 2. The molecule has 8 nitrogen and oxygen atoms in total. The number of carbonyl (C=O) groups excluding carboxylic acids is 1. The molecule has 5 rings (SSSR count). The molecule has 0 unspecified atom stereocenters. The van der Waals surface area contributed by atoms with Gasteiger partial charge >= 0.3 is 6.18 Å². The summed E-state index contributed by atoms with van der Waals surface area (Å²) in [6.07, 6.45) is -1.73. The minimum absolute atomic E-state index is 0.0131. The number of aliphatic hydroxyl groups is 2.